The fraction of sp³-hybridized carbons (Fsp3) is 0.467. The Balaban J connectivity index is 2.10. The van der Waals surface area contributed by atoms with E-state index in [0.717, 1.165) is 6.42 Å². The minimum atomic E-state index is -1.08. The number of amides is 2. The zero-order chi connectivity index (χ0) is 15.6. The van der Waals surface area contributed by atoms with Crippen LogP contribution in [0.25, 0.3) is 0 Å². The molecule has 1 aromatic rings. The van der Waals surface area contributed by atoms with Crippen LogP contribution >= 0.6 is 11.6 Å². The van der Waals surface area contributed by atoms with Crippen LogP contribution in [0.5, 0.6) is 0 Å². The maximum atomic E-state index is 12.3. The smallest absolute Gasteiger partial charge is 0.335 e. The minimum Gasteiger partial charge on any atom is -0.478 e. The van der Waals surface area contributed by atoms with Crippen LogP contribution in [0.3, 0.4) is 0 Å². The van der Waals surface area contributed by atoms with Gasteiger partial charge < -0.3 is 15.3 Å². The molecular weight excluding hydrogens is 292 g/mol. The maximum absolute atomic E-state index is 12.3. The van der Waals surface area contributed by atoms with Gasteiger partial charge in [0.05, 0.1) is 5.56 Å². The number of rotatable bonds is 2. The number of halogens is 1. The first-order chi connectivity index (χ1) is 9.85. The van der Waals surface area contributed by atoms with Crippen molar-refractivity contribution in [2.75, 3.05) is 18.4 Å². The Hall–Kier alpha value is -1.75. The third-order valence-corrected chi connectivity index (χ3v) is 3.77. The van der Waals surface area contributed by atoms with Crippen LogP contribution in [0.2, 0.25) is 5.02 Å². The van der Waals surface area contributed by atoms with Crippen molar-refractivity contribution >= 4 is 29.3 Å². The lowest BCUT2D eigenvalue weighted by molar-refractivity contribution is 0.0697. The average molecular weight is 311 g/mol. The number of anilines is 1. The van der Waals surface area contributed by atoms with Gasteiger partial charge in [-0.15, -0.1) is 0 Å². The summed E-state index contributed by atoms with van der Waals surface area (Å²) in [5.41, 5.74) is 0.453. The standard InChI is InChI=1S/C15H19ClN2O3/c1-9-3-10(2)8-18(7-9)15(21)17-13-5-11(14(19)20)4-12(16)6-13/h4-6,9-10H,3,7-8H2,1-2H3,(H,17,21)(H,19,20). The largest absolute Gasteiger partial charge is 0.478 e. The zero-order valence-corrected chi connectivity index (χ0v) is 12.9. The topological polar surface area (TPSA) is 69.6 Å². The first-order valence-corrected chi connectivity index (χ1v) is 7.32. The summed E-state index contributed by atoms with van der Waals surface area (Å²) in [6.07, 6.45) is 1.12. The number of hydrogen-bond donors (Lipinski definition) is 2. The van der Waals surface area contributed by atoms with Crippen molar-refractivity contribution in [2.24, 2.45) is 11.8 Å². The number of nitrogens with one attached hydrogen (secondary N) is 1. The van der Waals surface area contributed by atoms with E-state index in [9.17, 15) is 9.59 Å². The van der Waals surface area contributed by atoms with Crippen LogP contribution in [-0.4, -0.2) is 35.1 Å². The van der Waals surface area contributed by atoms with Crippen molar-refractivity contribution in [2.45, 2.75) is 20.3 Å². The molecule has 21 heavy (non-hydrogen) atoms. The van der Waals surface area contributed by atoms with E-state index in [1.165, 1.54) is 12.1 Å². The van der Waals surface area contributed by atoms with Crippen LogP contribution in [0.1, 0.15) is 30.6 Å². The predicted octanol–water partition coefficient (Wildman–Crippen LogP) is 3.55. The van der Waals surface area contributed by atoms with Crippen molar-refractivity contribution in [1.82, 2.24) is 4.90 Å². The highest BCUT2D eigenvalue weighted by Gasteiger charge is 2.25. The SMILES string of the molecule is CC1CC(C)CN(C(=O)Nc2cc(Cl)cc(C(=O)O)c2)C1. The molecule has 5 nitrogen and oxygen atoms in total. The Morgan fingerprint density at radius 1 is 1.24 bits per heavy atom. The Kier molecular flexibility index (Phi) is 4.73. The molecule has 0 spiro atoms. The third-order valence-electron chi connectivity index (χ3n) is 3.55. The van der Waals surface area contributed by atoms with Crippen LogP contribution in [0.15, 0.2) is 18.2 Å². The summed E-state index contributed by atoms with van der Waals surface area (Å²) in [4.78, 5) is 25.0. The van der Waals surface area contributed by atoms with E-state index in [1.807, 2.05) is 0 Å². The van der Waals surface area contributed by atoms with Crippen molar-refractivity contribution < 1.29 is 14.7 Å². The molecule has 1 heterocycles. The highest BCUT2D eigenvalue weighted by molar-refractivity contribution is 6.31. The molecular formula is C15H19ClN2O3. The number of carboxylic acids is 1. The molecule has 2 unspecified atom stereocenters. The molecule has 2 N–H and O–H groups in total. The van der Waals surface area contributed by atoms with Crippen molar-refractivity contribution in [3.63, 3.8) is 0 Å². The quantitative estimate of drug-likeness (QED) is 0.877. The van der Waals surface area contributed by atoms with E-state index in [0.29, 0.717) is 30.6 Å². The normalized spacial score (nSPS) is 22.0. The zero-order valence-electron chi connectivity index (χ0n) is 12.1. The number of carbonyl (C=O) groups excluding carboxylic acids is 1. The first-order valence-electron chi connectivity index (χ1n) is 6.95. The second kappa shape index (κ2) is 6.35. The third kappa shape index (κ3) is 4.11. The minimum absolute atomic E-state index is 0.0539. The van der Waals surface area contributed by atoms with Crippen molar-refractivity contribution in [3.05, 3.63) is 28.8 Å². The summed E-state index contributed by atoms with van der Waals surface area (Å²) in [6.45, 7) is 5.67. The average Bonchev–Trinajstić information content (AvgIpc) is 2.36. The van der Waals surface area contributed by atoms with Gasteiger partial charge in [-0.05, 0) is 36.5 Å². The van der Waals surface area contributed by atoms with Gasteiger partial charge in [-0.2, -0.15) is 0 Å². The number of benzene rings is 1. The number of carboxylic acid groups (broad SMARTS) is 1. The van der Waals surface area contributed by atoms with Gasteiger partial charge >= 0.3 is 12.0 Å². The molecule has 0 bridgehead atoms. The van der Waals surface area contributed by atoms with Gasteiger partial charge in [0.25, 0.3) is 0 Å². The first kappa shape index (κ1) is 15.6. The Labute approximate surface area is 128 Å². The number of likely N-dealkylation sites (tertiary alicyclic amines) is 1. The monoisotopic (exact) mass is 310 g/mol. The summed E-state index contributed by atoms with van der Waals surface area (Å²) in [5, 5.41) is 12.0. The number of carbonyl (C=O) groups is 2. The van der Waals surface area contributed by atoms with Crippen molar-refractivity contribution in [1.29, 1.82) is 0 Å². The molecule has 6 heteroatoms. The lowest BCUT2D eigenvalue weighted by Gasteiger charge is -2.34. The summed E-state index contributed by atoms with van der Waals surface area (Å²) in [7, 11) is 0. The molecule has 1 aromatic carbocycles. The van der Waals surface area contributed by atoms with Crippen LogP contribution in [0.4, 0.5) is 10.5 Å². The molecule has 114 valence electrons. The molecule has 0 aliphatic carbocycles. The van der Waals surface area contributed by atoms with Crippen LogP contribution in [0, 0.1) is 11.8 Å². The molecule has 2 amide bonds. The van der Waals surface area contributed by atoms with E-state index in [2.05, 4.69) is 19.2 Å². The van der Waals surface area contributed by atoms with E-state index < -0.39 is 5.97 Å². The highest BCUT2D eigenvalue weighted by Crippen LogP contribution is 2.23. The van der Waals surface area contributed by atoms with Gasteiger partial charge in [0.1, 0.15) is 0 Å². The van der Waals surface area contributed by atoms with Gasteiger partial charge in [0.2, 0.25) is 0 Å². The molecule has 0 aromatic heterocycles. The van der Waals surface area contributed by atoms with Gasteiger partial charge in [-0.25, -0.2) is 9.59 Å². The number of nitrogens with zero attached hydrogens (tertiary/aromatic N) is 1. The fourth-order valence-corrected chi connectivity index (χ4v) is 3.05. The van der Waals surface area contributed by atoms with E-state index in [4.69, 9.17) is 16.7 Å². The molecule has 0 saturated carbocycles. The molecule has 2 atom stereocenters. The lowest BCUT2D eigenvalue weighted by Crippen LogP contribution is -2.44. The van der Waals surface area contributed by atoms with Gasteiger partial charge in [0, 0.05) is 23.8 Å². The predicted molar refractivity (Wildman–Crippen MR) is 81.9 cm³/mol. The highest BCUT2D eigenvalue weighted by atomic mass is 35.5. The van der Waals surface area contributed by atoms with Crippen LogP contribution in [-0.2, 0) is 0 Å². The molecule has 0 radical (unpaired) electrons. The summed E-state index contributed by atoms with van der Waals surface area (Å²) >= 11 is 5.88. The van der Waals surface area contributed by atoms with Crippen molar-refractivity contribution in [3.8, 4) is 0 Å². The van der Waals surface area contributed by atoms with Crippen LogP contribution < -0.4 is 5.32 Å². The Morgan fingerprint density at radius 2 is 1.86 bits per heavy atom. The van der Waals surface area contributed by atoms with Gasteiger partial charge in [-0.3, -0.25) is 0 Å². The number of piperidine rings is 1. The second-order valence-electron chi connectivity index (χ2n) is 5.81. The molecule has 2 rings (SSSR count). The summed E-state index contributed by atoms with van der Waals surface area (Å²) < 4.78 is 0. The lowest BCUT2D eigenvalue weighted by atomic mass is 9.92. The molecule has 1 saturated heterocycles. The van der Waals surface area contributed by atoms with Gasteiger partial charge in [0.15, 0.2) is 0 Å². The van der Waals surface area contributed by atoms with E-state index in [1.54, 1.807) is 11.0 Å². The summed E-state index contributed by atoms with van der Waals surface area (Å²) in [6, 6.07) is 4.09. The molecule has 1 aliphatic heterocycles. The van der Waals surface area contributed by atoms with E-state index in [-0.39, 0.29) is 16.6 Å². The summed E-state index contributed by atoms with van der Waals surface area (Å²) in [5.74, 6) is -0.143. The number of urea groups is 1. The Bertz CT molecular complexity index is 552. The second-order valence-corrected chi connectivity index (χ2v) is 6.25. The number of aromatic carboxylic acids is 1. The van der Waals surface area contributed by atoms with E-state index >= 15 is 0 Å². The fourth-order valence-electron chi connectivity index (χ4n) is 2.82. The van der Waals surface area contributed by atoms with Gasteiger partial charge in [-0.1, -0.05) is 25.4 Å². The molecule has 1 fully saturated rings. The Morgan fingerprint density at radius 3 is 2.43 bits per heavy atom. The number of hydrogen-bond acceptors (Lipinski definition) is 2. The maximum Gasteiger partial charge on any atom is 0.335 e. The molecule has 1 aliphatic rings.